The summed E-state index contributed by atoms with van der Waals surface area (Å²) in [6.07, 6.45) is 0.0587. The summed E-state index contributed by atoms with van der Waals surface area (Å²) in [5.74, 6) is 0. The van der Waals surface area contributed by atoms with Gasteiger partial charge in [0.2, 0.25) is 0 Å². The van der Waals surface area contributed by atoms with E-state index < -0.39 is 26.7 Å². The summed E-state index contributed by atoms with van der Waals surface area (Å²) in [6.45, 7) is 0. The predicted octanol–water partition coefficient (Wildman–Crippen LogP) is 7.50. The second kappa shape index (κ2) is 9.70. The molecule has 5 nitrogen and oxygen atoms in total. The zero-order valence-electron chi connectivity index (χ0n) is 21.6. The molecule has 2 N–H and O–H groups in total. The average molecular weight is 564 g/mol. The lowest BCUT2D eigenvalue weighted by molar-refractivity contribution is -0.160. The maximum Gasteiger partial charge on any atom is 0.398 e. The quantitative estimate of drug-likeness (QED) is 0.254. The van der Waals surface area contributed by atoms with Crippen molar-refractivity contribution in [1.82, 2.24) is 4.98 Å². The van der Waals surface area contributed by atoms with E-state index in [-0.39, 0.29) is 18.9 Å². The minimum absolute atomic E-state index is 0.0684. The van der Waals surface area contributed by atoms with Crippen molar-refractivity contribution >= 4 is 26.4 Å². The van der Waals surface area contributed by atoms with Gasteiger partial charge in [0.1, 0.15) is 6.07 Å². The summed E-state index contributed by atoms with van der Waals surface area (Å²) in [4.78, 5) is 3.36. The van der Waals surface area contributed by atoms with E-state index in [4.69, 9.17) is 0 Å². The number of sulfone groups is 1. The van der Waals surface area contributed by atoms with Crippen molar-refractivity contribution in [1.29, 1.82) is 5.26 Å². The molecule has 2 saturated carbocycles. The molecule has 0 spiro atoms. The Bertz CT molecular complexity index is 1690. The lowest BCUT2D eigenvalue weighted by Crippen LogP contribution is -2.33. The second-order valence-corrected chi connectivity index (χ2v) is 13.1. The monoisotopic (exact) mass is 563 g/mol. The summed E-state index contributed by atoms with van der Waals surface area (Å²) < 4.78 is 67.0. The highest BCUT2D eigenvalue weighted by molar-refractivity contribution is 7.92. The maximum atomic E-state index is 13.4. The van der Waals surface area contributed by atoms with Crippen LogP contribution in [0.2, 0.25) is 0 Å². The summed E-state index contributed by atoms with van der Waals surface area (Å²) in [7, 11) is -3.51. The van der Waals surface area contributed by atoms with Crippen molar-refractivity contribution < 1.29 is 21.6 Å². The van der Waals surface area contributed by atoms with Crippen LogP contribution in [0.5, 0.6) is 0 Å². The SMILES string of the molecule is N#Cc1c[nH]c2ccc(-c3ccc(S(=O)(=O)C4CCC(Nc5ccc(C6(C(F)(F)F)CC6)cc5)CC4)cc3)cc12. The number of aromatic nitrogens is 1. The Hall–Kier alpha value is -3.77. The van der Waals surface area contributed by atoms with Gasteiger partial charge in [-0.15, -0.1) is 0 Å². The van der Waals surface area contributed by atoms with Crippen molar-refractivity contribution in [3.05, 3.63) is 84.1 Å². The molecular formula is C31H28F3N3O2S. The number of halogens is 3. The zero-order valence-corrected chi connectivity index (χ0v) is 22.4. The fraction of sp³-hybridized carbons (Fsp3) is 0.323. The molecule has 2 aliphatic carbocycles. The molecule has 4 aromatic rings. The van der Waals surface area contributed by atoms with Gasteiger partial charge >= 0.3 is 6.18 Å². The Labute approximate surface area is 231 Å². The van der Waals surface area contributed by atoms with E-state index in [1.165, 1.54) is 0 Å². The van der Waals surface area contributed by atoms with Gasteiger partial charge in [-0.3, -0.25) is 0 Å². The van der Waals surface area contributed by atoms with Crippen LogP contribution in [0, 0.1) is 11.3 Å². The summed E-state index contributed by atoms with van der Waals surface area (Å²) in [6, 6.07) is 21.4. The van der Waals surface area contributed by atoms with Crippen molar-refractivity contribution in [3.8, 4) is 17.2 Å². The number of rotatable bonds is 6. The molecule has 0 radical (unpaired) electrons. The van der Waals surface area contributed by atoms with Gasteiger partial charge in [-0.2, -0.15) is 18.4 Å². The van der Waals surface area contributed by atoms with Gasteiger partial charge in [-0.25, -0.2) is 8.42 Å². The first-order valence-corrected chi connectivity index (χ1v) is 14.9. The number of H-pyrrole nitrogens is 1. The van der Waals surface area contributed by atoms with Crippen molar-refractivity contribution in [2.24, 2.45) is 0 Å². The molecule has 0 amide bonds. The molecule has 9 heteroatoms. The first-order valence-electron chi connectivity index (χ1n) is 13.4. The fourth-order valence-electron chi connectivity index (χ4n) is 5.92. The number of nitrogens with zero attached hydrogens (tertiary/aromatic N) is 1. The molecular weight excluding hydrogens is 535 g/mol. The number of alkyl halides is 3. The van der Waals surface area contributed by atoms with Crippen molar-refractivity contribution in [2.45, 2.75) is 66.3 Å². The van der Waals surface area contributed by atoms with Crippen LogP contribution in [0.1, 0.15) is 49.7 Å². The number of benzene rings is 3. The van der Waals surface area contributed by atoms with E-state index in [0.29, 0.717) is 41.7 Å². The van der Waals surface area contributed by atoms with Crippen LogP contribution in [0.15, 0.2) is 77.8 Å². The molecule has 1 heterocycles. The van der Waals surface area contributed by atoms with Crippen LogP contribution < -0.4 is 5.32 Å². The van der Waals surface area contributed by atoms with Gasteiger partial charge < -0.3 is 10.3 Å². The highest BCUT2D eigenvalue weighted by Crippen LogP contribution is 2.58. The number of nitrogens with one attached hydrogen (secondary N) is 2. The van der Waals surface area contributed by atoms with E-state index in [1.807, 2.05) is 18.2 Å². The summed E-state index contributed by atoms with van der Waals surface area (Å²) >= 11 is 0. The Morgan fingerprint density at radius 3 is 2.15 bits per heavy atom. The Morgan fingerprint density at radius 1 is 0.900 bits per heavy atom. The van der Waals surface area contributed by atoms with Gasteiger partial charge in [0, 0.05) is 28.8 Å². The van der Waals surface area contributed by atoms with Gasteiger partial charge in [-0.1, -0.05) is 30.3 Å². The molecule has 0 bridgehead atoms. The van der Waals surface area contributed by atoms with E-state index in [9.17, 15) is 26.9 Å². The molecule has 2 fully saturated rings. The van der Waals surface area contributed by atoms with Gasteiger partial charge in [0.15, 0.2) is 9.84 Å². The van der Waals surface area contributed by atoms with Crippen molar-refractivity contribution in [2.75, 3.05) is 5.32 Å². The lowest BCUT2D eigenvalue weighted by Gasteiger charge is -2.30. The van der Waals surface area contributed by atoms with E-state index >= 15 is 0 Å². The molecule has 6 rings (SSSR count). The van der Waals surface area contributed by atoms with Crippen LogP contribution in [-0.4, -0.2) is 30.9 Å². The number of aromatic amines is 1. The fourth-order valence-corrected chi connectivity index (χ4v) is 7.71. The molecule has 0 saturated heterocycles. The molecule has 1 aromatic heterocycles. The number of anilines is 1. The second-order valence-electron chi connectivity index (χ2n) is 10.9. The Morgan fingerprint density at radius 2 is 1.55 bits per heavy atom. The minimum atomic E-state index is -4.23. The third kappa shape index (κ3) is 4.64. The summed E-state index contributed by atoms with van der Waals surface area (Å²) in [5, 5.41) is 13.0. The number of hydrogen-bond donors (Lipinski definition) is 2. The van der Waals surface area contributed by atoms with Gasteiger partial charge in [-0.05, 0) is 91.6 Å². The maximum absolute atomic E-state index is 13.4. The predicted molar refractivity (Wildman–Crippen MR) is 149 cm³/mol. The molecule has 40 heavy (non-hydrogen) atoms. The number of hydrogen-bond acceptors (Lipinski definition) is 4. The largest absolute Gasteiger partial charge is 0.398 e. The lowest BCUT2D eigenvalue weighted by atomic mass is 9.93. The highest BCUT2D eigenvalue weighted by Gasteiger charge is 2.64. The molecule has 2 aliphatic rings. The van der Waals surface area contributed by atoms with E-state index in [2.05, 4.69) is 16.4 Å². The number of nitriles is 1. The highest BCUT2D eigenvalue weighted by atomic mass is 32.2. The van der Waals surface area contributed by atoms with Crippen LogP contribution in [0.25, 0.3) is 22.0 Å². The van der Waals surface area contributed by atoms with Crippen LogP contribution in [0.3, 0.4) is 0 Å². The smallest absolute Gasteiger partial charge is 0.382 e. The normalized spacial score (nSPS) is 20.6. The molecule has 0 aliphatic heterocycles. The average Bonchev–Trinajstić information content (AvgIpc) is 3.68. The van der Waals surface area contributed by atoms with Gasteiger partial charge in [0.25, 0.3) is 0 Å². The standard InChI is InChI=1S/C31H28F3N3O2S/c32-31(33,34)30(15-16-30)23-4-6-24(7-5-23)37-25-8-12-27(13-9-25)40(38,39)26-10-1-20(2-11-26)21-3-14-29-28(17-21)22(18-35)19-36-29/h1-7,10-11,14,17,19,25,27,36-37H,8-9,12-13,15-16H2. The molecule has 3 aromatic carbocycles. The third-order valence-electron chi connectivity index (χ3n) is 8.53. The minimum Gasteiger partial charge on any atom is -0.382 e. The molecule has 206 valence electrons. The van der Waals surface area contributed by atoms with Crippen molar-refractivity contribution in [3.63, 3.8) is 0 Å². The first-order chi connectivity index (χ1) is 19.1. The topological polar surface area (TPSA) is 85.8 Å². The molecule has 0 unspecified atom stereocenters. The van der Waals surface area contributed by atoms with Crippen LogP contribution in [0.4, 0.5) is 18.9 Å². The van der Waals surface area contributed by atoms with E-state index in [0.717, 1.165) is 27.7 Å². The number of fused-ring (bicyclic) bond motifs is 1. The van der Waals surface area contributed by atoms with E-state index in [1.54, 1.807) is 54.7 Å². The Kier molecular flexibility index (Phi) is 6.42. The molecule has 0 atom stereocenters. The Balaban J connectivity index is 1.09. The third-order valence-corrected chi connectivity index (χ3v) is 10.8. The zero-order chi connectivity index (χ0) is 28.1. The van der Waals surface area contributed by atoms with Crippen LogP contribution >= 0.6 is 0 Å². The summed E-state index contributed by atoms with van der Waals surface area (Å²) in [5.41, 5.74) is 2.57. The van der Waals surface area contributed by atoms with Crippen LogP contribution in [-0.2, 0) is 15.3 Å². The van der Waals surface area contributed by atoms with Gasteiger partial charge in [0.05, 0.1) is 21.1 Å². The first kappa shape index (κ1) is 26.5.